The normalized spacial score (nSPS) is 14.4. The van der Waals surface area contributed by atoms with E-state index in [1.54, 1.807) is 0 Å². The van der Waals surface area contributed by atoms with Crippen molar-refractivity contribution in [2.75, 3.05) is 0 Å². The van der Waals surface area contributed by atoms with Crippen LogP contribution in [0.3, 0.4) is 0 Å². The summed E-state index contributed by atoms with van der Waals surface area (Å²) >= 11 is 0. The van der Waals surface area contributed by atoms with Crippen LogP contribution in [0, 0.1) is 0 Å². The second kappa shape index (κ2) is 9.00. The number of allylic oxidation sites excluding steroid dienone is 1. The van der Waals surface area contributed by atoms with Crippen LogP contribution in [-0.4, -0.2) is 30.7 Å². The predicted molar refractivity (Wildman–Crippen MR) is 110 cm³/mol. The third-order valence-corrected chi connectivity index (χ3v) is 4.26. The molecule has 24 heavy (non-hydrogen) atoms. The maximum atomic E-state index is 5.79. The predicted octanol–water partition coefficient (Wildman–Crippen LogP) is 4.32. The van der Waals surface area contributed by atoms with Crippen molar-refractivity contribution >= 4 is 30.7 Å². The first-order valence-electron chi connectivity index (χ1n) is 8.15. The van der Waals surface area contributed by atoms with Gasteiger partial charge in [-0.25, -0.2) is 0 Å². The molecule has 0 saturated heterocycles. The smallest absolute Gasteiger partial charge is 0.278 e. The van der Waals surface area contributed by atoms with Gasteiger partial charge in [0.2, 0.25) is 16.6 Å². The SMILES string of the molecule is C=C(NO[Si](C)(C)C)C(=NO[Si](C)(C)C)C(=CC)NO[Si](C)(C)C. The zero-order valence-corrected chi connectivity index (χ0v) is 20.0. The van der Waals surface area contributed by atoms with E-state index < -0.39 is 25.0 Å². The largest absolute Gasteiger partial charge is 0.455 e. The Balaban J connectivity index is 5.34. The fraction of sp³-hybridized carbons (Fsp3) is 0.667. The molecule has 0 fully saturated rings. The minimum Gasteiger partial charge on any atom is -0.455 e. The summed E-state index contributed by atoms with van der Waals surface area (Å²) in [6.45, 7) is 24.7. The molecule has 0 saturated carbocycles. The number of hydrogen-bond donors (Lipinski definition) is 2. The van der Waals surface area contributed by atoms with Gasteiger partial charge in [-0.1, -0.05) is 17.8 Å². The van der Waals surface area contributed by atoms with Crippen LogP contribution in [-0.2, 0) is 13.6 Å². The highest BCUT2D eigenvalue weighted by atomic mass is 28.4. The van der Waals surface area contributed by atoms with Crippen molar-refractivity contribution < 1.29 is 13.6 Å². The van der Waals surface area contributed by atoms with Crippen molar-refractivity contribution in [1.29, 1.82) is 0 Å². The Hall–Kier alpha value is -0.879. The maximum Gasteiger partial charge on any atom is 0.278 e. The Morgan fingerprint density at radius 2 is 1.29 bits per heavy atom. The second-order valence-electron chi connectivity index (χ2n) is 8.46. The summed E-state index contributed by atoms with van der Waals surface area (Å²) in [5.74, 6) is 0. The molecule has 0 aliphatic carbocycles. The molecule has 0 amide bonds. The summed E-state index contributed by atoms with van der Waals surface area (Å²) in [5, 5.41) is 4.32. The van der Waals surface area contributed by atoms with Crippen LogP contribution in [0.5, 0.6) is 0 Å². The van der Waals surface area contributed by atoms with Crippen LogP contribution in [0.4, 0.5) is 0 Å². The van der Waals surface area contributed by atoms with Gasteiger partial charge in [-0.05, 0) is 65.8 Å². The molecule has 0 unspecified atom stereocenters. The average Bonchev–Trinajstić information content (AvgIpc) is 2.36. The lowest BCUT2D eigenvalue weighted by atomic mass is 10.2. The van der Waals surface area contributed by atoms with Crippen molar-refractivity contribution in [2.24, 2.45) is 5.16 Å². The van der Waals surface area contributed by atoms with E-state index in [0.29, 0.717) is 17.1 Å². The molecule has 0 spiro atoms. The average molecular weight is 390 g/mol. The number of hydroxylamine groups is 2. The second-order valence-corrected chi connectivity index (χ2v) is 21.7. The van der Waals surface area contributed by atoms with E-state index in [0.717, 1.165) is 0 Å². The molecule has 6 nitrogen and oxygen atoms in total. The maximum absolute atomic E-state index is 5.79. The van der Waals surface area contributed by atoms with E-state index >= 15 is 0 Å². The van der Waals surface area contributed by atoms with E-state index in [1.165, 1.54) is 0 Å². The molecule has 140 valence electrons. The standard InChI is InChI=1S/C15H35N3O3Si3/c1-12-14(17-20-23(6,7)8)15(18-21-24(9,10)11)13(2)16-19-22(3,4)5/h12,16-17H,2H2,1,3-11H3. The topological polar surface area (TPSA) is 64.1 Å². The van der Waals surface area contributed by atoms with E-state index in [-0.39, 0.29) is 0 Å². The van der Waals surface area contributed by atoms with Gasteiger partial charge in [0.05, 0.1) is 11.4 Å². The Bertz CT molecular complexity index is 487. The van der Waals surface area contributed by atoms with Crippen LogP contribution in [0.15, 0.2) is 29.2 Å². The first-order chi connectivity index (χ1) is 10.6. The number of nitrogens with one attached hydrogen (secondary N) is 2. The molecule has 0 radical (unpaired) electrons. The highest BCUT2D eigenvalue weighted by Gasteiger charge is 2.22. The van der Waals surface area contributed by atoms with Gasteiger partial charge in [-0.15, -0.1) is 0 Å². The summed E-state index contributed by atoms with van der Waals surface area (Å²) < 4.78 is 17.2. The third-order valence-electron chi connectivity index (χ3n) is 2.19. The fourth-order valence-electron chi connectivity index (χ4n) is 1.16. The molecular weight excluding hydrogens is 354 g/mol. The van der Waals surface area contributed by atoms with E-state index in [2.05, 4.69) is 81.6 Å². The van der Waals surface area contributed by atoms with Gasteiger partial charge in [0, 0.05) is 0 Å². The summed E-state index contributed by atoms with van der Waals surface area (Å²) in [6, 6.07) is 0. The van der Waals surface area contributed by atoms with Gasteiger partial charge in [-0.3, -0.25) is 11.0 Å². The van der Waals surface area contributed by atoms with Crippen molar-refractivity contribution in [3.05, 3.63) is 24.0 Å². The number of nitrogens with zero attached hydrogens (tertiary/aromatic N) is 1. The summed E-state index contributed by atoms with van der Waals surface area (Å²) in [4.78, 5) is 0. The van der Waals surface area contributed by atoms with E-state index in [9.17, 15) is 0 Å². The molecule has 0 aromatic heterocycles. The van der Waals surface area contributed by atoms with E-state index in [1.807, 2.05) is 13.0 Å². The summed E-state index contributed by atoms with van der Waals surface area (Å²) in [6.07, 6.45) is 1.88. The van der Waals surface area contributed by atoms with Gasteiger partial charge < -0.3 is 13.6 Å². The molecule has 0 aliphatic rings. The monoisotopic (exact) mass is 389 g/mol. The van der Waals surface area contributed by atoms with Crippen LogP contribution in [0.25, 0.3) is 0 Å². The van der Waals surface area contributed by atoms with Gasteiger partial charge in [0.15, 0.2) is 5.71 Å². The number of oxime groups is 1. The molecule has 0 atom stereocenters. The highest BCUT2D eigenvalue weighted by Crippen LogP contribution is 2.11. The molecule has 2 N–H and O–H groups in total. The zero-order valence-electron chi connectivity index (χ0n) is 17.0. The van der Waals surface area contributed by atoms with Crippen molar-refractivity contribution in [1.82, 2.24) is 11.0 Å². The Kier molecular flexibility index (Phi) is 8.67. The third kappa shape index (κ3) is 11.6. The molecule has 9 heteroatoms. The molecule has 0 bridgehead atoms. The molecule has 0 aliphatic heterocycles. The van der Waals surface area contributed by atoms with Crippen LogP contribution in [0.1, 0.15) is 6.92 Å². The first-order valence-corrected chi connectivity index (χ1v) is 18.4. The van der Waals surface area contributed by atoms with Gasteiger partial charge in [0.25, 0.3) is 8.32 Å². The van der Waals surface area contributed by atoms with Crippen molar-refractivity contribution in [2.45, 2.75) is 65.8 Å². The Morgan fingerprint density at radius 1 is 0.833 bits per heavy atom. The van der Waals surface area contributed by atoms with Crippen LogP contribution in [0.2, 0.25) is 58.9 Å². The zero-order chi connectivity index (χ0) is 19.2. The Labute approximate surface area is 150 Å². The summed E-state index contributed by atoms with van der Waals surface area (Å²) in [5.41, 5.74) is 7.71. The van der Waals surface area contributed by atoms with Crippen LogP contribution >= 0.6 is 0 Å². The van der Waals surface area contributed by atoms with Crippen molar-refractivity contribution in [3.63, 3.8) is 0 Å². The lowest BCUT2D eigenvalue weighted by molar-refractivity contribution is 0.219. The molecule has 0 heterocycles. The summed E-state index contributed by atoms with van der Waals surface area (Å²) in [7, 11) is -5.30. The van der Waals surface area contributed by atoms with Crippen molar-refractivity contribution in [3.8, 4) is 0 Å². The lowest BCUT2D eigenvalue weighted by Crippen LogP contribution is -2.39. The number of hydrogen-bond acceptors (Lipinski definition) is 6. The quantitative estimate of drug-likeness (QED) is 0.331. The van der Waals surface area contributed by atoms with Crippen LogP contribution < -0.4 is 11.0 Å². The molecular formula is C15H35N3O3Si3. The molecule has 0 aromatic rings. The molecule has 0 rings (SSSR count). The fourth-order valence-corrected chi connectivity index (χ4v) is 2.38. The van der Waals surface area contributed by atoms with Gasteiger partial charge >= 0.3 is 0 Å². The van der Waals surface area contributed by atoms with E-state index in [4.69, 9.17) is 13.6 Å². The lowest BCUT2D eigenvalue weighted by Gasteiger charge is -2.24. The first kappa shape index (κ1) is 23.1. The van der Waals surface area contributed by atoms with Gasteiger partial charge in [0.1, 0.15) is 0 Å². The highest BCUT2D eigenvalue weighted by molar-refractivity contribution is 6.70. The van der Waals surface area contributed by atoms with Gasteiger partial charge in [-0.2, -0.15) is 0 Å². The Morgan fingerprint density at radius 3 is 1.67 bits per heavy atom. The minimum atomic E-state index is -1.82. The molecule has 0 aromatic carbocycles. The number of rotatable bonds is 10. The minimum absolute atomic E-state index is 0.537.